The molecule has 138 valence electrons. The number of amides is 3. The molecule has 0 spiro atoms. The van der Waals surface area contributed by atoms with Crippen LogP contribution in [-0.2, 0) is 4.79 Å². The van der Waals surface area contributed by atoms with Gasteiger partial charge in [0.15, 0.2) is 0 Å². The van der Waals surface area contributed by atoms with Crippen molar-refractivity contribution in [2.75, 3.05) is 33.7 Å². The highest BCUT2D eigenvalue weighted by Crippen LogP contribution is 2.20. The fourth-order valence-electron chi connectivity index (χ4n) is 2.77. The molecule has 1 fully saturated rings. The first-order valence-electron chi connectivity index (χ1n) is 8.59. The van der Waals surface area contributed by atoms with Crippen LogP contribution in [0.4, 0.5) is 0 Å². The first-order chi connectivity index (χ1) is 11.9. The molecule has 0 radical (unpaired) electrons. The van der Waals surface area contributed by atoms with Crippen molar-refractivity contribution in [2.24, 2.45) is 5.73 Å². The van der Waals surface area contributed by atoms with Crippen molar-refractivity contribution < 1.29 is 14.4 Å². The lowest BCUT2D eigenvalue weighted by molar-refractivity contribution is -0.121. The molecule has 1 aromatic heterocycles. The van der Waals surface area contributed by atoms with Crippen LogP contribution in [0, 0.1) is 0 Å². The fourth-order valence-corrected chi connectivity index (χ4v) is 2.77. The van der Waals surface area contributed by atoms with E-state index in [1.54, 1.807) is 11.0 Å². The van der Waals surface area contributed by atoms with Crippen molar-refractivity contribution in [3.8, 4) is 0 Å². The van der Waals surface area contributed by atoms with E-state index >= 15 is 0 Å². The normalized spacial score (nSPS) is 16.6. The van der Waals surface area contributed by atoms with E-state index in [1.807, 2.05) is 14.1 Å². The number of hydrogen-bond acceptors (Lipinski definition) is 4. The lowest BCUT2D eigenvalue weighted by atomic mass is 10.0. The smallest absolute Gasteiger partial charge is 0.270 e. The number of hydrogen-bond donors (Lipinski definition) is 3. The molecular formula is C17H27N5O3. The number of nitrogens with two attached hydrogens (primary N) is 1. The van der Waals surface area contributed by atoms with Crippen molar-refractivity contribution in [3.05, 3.63) is 23.5 Å². The summed E-state index contributed by atoms with van der Waals surface area (Å²) in [6, 6.07) is 3.06. The molecule has 0 aromatic carbocycles. The van der Waals surface area contributed by atoms with E-state index in [-0.39, 0.29) is 23.6 Å². The number of rotatable bonds is 9. The van der Waals surface area contributed by atoms with Crippen molar-refractivity contribution in [1.29, 1.82) is 0 Å². The fraction of sp³-hybridized carbons (Fsp3) is 0.588. The van der Waals surface area contributed by atoms with Gasteiger partial charge < -0.3 is 25.8 Å². The highest BCUT2D eigenvalue weighted by atomic mass is 16.2. The van der Waals surface area contributed by atoms with Crippen LogP contribution in [0.3, 0.4) is 0 Å². The number of aromatic amines is 1. The van der Waals surface area contributed by atoms with E-state index in [2.05, 4.69) is 15.2 Å². The Morgan fingerprint density at radius 2 is 2.00 bits per heavy atom. The minimum absolute atomic E-state index is 0.00134. The quantitative estimate of drug-likeness (QED) is 0.552. The summed E-state index contributed by atoms with van der Waals surface area (Å²) in [5.41, 5.74) is 5.73. The highest BCUT2D eigenvalue weighted by Gasteiger charge is 2.33. The summed E-state index contributed by atoms with van der Waals surface area (Å²) in [5.74, 6) is -0.751. The lowest BCUT2D eigenvalue weighted by Gasteiger charge is -2.40. The van der Waals surface area contributed by atoms with Crippen molar-refractivity contribution in [3.63, 3.8) is 0 Å². The molecule has 0 aliphatic carbocycles. The van der Waals surface area contributed by atoms with E-state index in [1.165, 1.54) is 6.07 Å². The van der Waals surface area contributed by atoms with Gasteiger partial charge in [-0.2, -0.15) is 0 Å². The summed E-state index contributed by atoms with van der Waals surface area (Å²) in [7, 11) is 4.03. The number of primary amides is 1. The SMILES string of the molecule is CN(C)CCCCC(=O)NCC1CCN1C(=O)c1ccc(C(N)=O)[nH]1. The molecule has 1 saturated heterocycles. The Bertz CT molecular complexity index is 626. The second-order valence-corrected chi connectivity index (χ2v) is 6.66. The average Bonchev–Trinajstić information content (AvgIpc) is 3.00. The third-order valence-electron chi connectivity index (χ3n) is 4.38. The molecule has 1 atom stereocenters. The van der Waals surface area contributed by atoms with E-state index in [0.29, 0.717) is 25.2 Å². The highest BCUT2D eigenvalue weighted by molar-refractivity contribution is 5.97. The second kappa shape index (κ2) is 8.66. The zero-order valence-corrected chi connectivity index (χ0v) is 14.9. The predicted octanol–water partition coefficient (Wildman–Crippen LogP) is 0.176. The minimum atomic E-state index is -0.597. The van der Waals surface area contributed by atoms with Gasteiger partial charge in [0.05, 0.1) is 6.04 Å². The molecule has 2 rings (SSSR count). The number of H-pyrrole nitrogens is 1. The van der Waals surface area contributed by atoms with E-state index < -0.39 is 5.91 Å². The molecule has 0 bridgehead atoms. The molecule has 1 aliphatic rings. The molecule has 8 heteroatoms. The summed E-state index contributed by atoms with van der Waals surface area (Å²) in [6.07, 6.45) is 3.21. The van der Waals surface area contributed by atoms with Gasteiger partial charge in [0.2, 0.25) is 5.91 Å². The molecule has 1 aromatic rings. The molecule has 1 unspecified atom stereocenters. The van der Waals surface area contributed by atoms with Gasteiger partial charge in [-0.3, -0.25) is 14.4 Å². The number of nitrogens with zero attached hydrogens (tertiary/aromatic N) is 2. The van der Waals surface area contributed by atoms with Gasteiger partial charge in [-0.15, -0.1) is 0 Å². The molecule has 1 aliphatic heterocycles. The van der Waals surface area contributed by atoms with E-state index in [4.69, 9.17) is 5.73 Å². The van der Waals surface area contributed by atoms with Crippen molar-refractivity contribution >= 4 is 17.7 Å². The Morgan fingerprint density at radius 1 is 1.28 bits per heavy atom. The van der Waals surface area contributed by atoms with Crippen LogP contribution in [0.25, 0.3) is 0 Å². The zero-order valence-electron chi connectivity index (χ0n) is 14.9. The molecule has 3 amide bonds. The number of unbranched alkanes of at least 4 members (excludes halogenated alkanes) is 1. The van der Waals surface area contributed by atoms with E-state index in [0.717, 1.165) is 25.8 Å². The number of likely N-dealkylation sites (tertiary alicyclic amines) is 1. The molecule has 2 heterocycles. The van der Waals surface area contributed by atoms with Gasteiger partial charge in [-0.1, -0.05) is 0 Å². The Balaban J connectivity index is 1.73. The monoisotopic (exact) mass is 349 g/mol. The third-order valence-corrected chi connectivity index (χ3v) is 4.38. The Morgan fingerprint density at radius 3 is 2.56 bits per heavy atom. The van der Waals surface area contributed by atoms with Crippen molar-refractivity contribution in [1.82, 2.24) is 20.1 Å². The summed E-state index contributed by atoms with van der Waals surface area (Å²) < 4.78 is 0. The number of carbonyl (C=O) groups excluding carboxylic acids is 3. The van der Waals surface area contributed by atoms with Crippen LogP contribution in [0.5, 0.6) is 0 Å². The topological polar surface area (TPSA) is 112 Å². The third kappa shape index (κ3) is 5.32. The van der Waals surface area contributed by atoms with E-state index in [9.17, 15) is 14.4 Å². The maximum absolute atomic E-state index is 12.4. The molecule has 0 saturated carbocycles. The zero-order chi connectivity index (χ0) is 18.4. The maximum atomic E-state index is 12.4. The molecule has 25 heavy (non-hydrogen) atoms. The molecule has 8 nitrogen and oxygen atoms in total. The number of aromatic nitrogens is 1. The first-order valence-corrected chi connectivity index (χ1v) is 8.59. The largest absolute Gasteiger partial charge is 0.364 e. The van der Waals surface area contributed by atoms with Gasteiger partial charge in [0, 0.05) is 19.5 Å². The number of nitrogens with one attached hydrogen (secondary N) is 2. The van der Waals surface area contributed by atoms with Crippen LogP contribution in [0.15, 0.2) is 12.1 Å². The van der Waals surface area contributed by atoms with Crippen LogP contribution in [0.1, 0.15) is 46.7 Å². The summed E-state index contributed by atoms with van der Waals surface area (Å²) >= 11 is 0. The first kappa shape index (κ1) is 19.0. The number of carbonyl (C=O) groups is 3. The summed E-state index contributed by atoms with van der Waals surface area (Å²) in [4.78, 5) is 41.9. The Labute approximate surface area is 147 Å². The van der Waals surface area contributed by atoms with Gasteiger partial charge in [-0.25, -0.2) is 0 Å². The minimum Gasteiger partial charge on any atom is -0.364 e. The van der Waals surface area contributed by atoms with Crippen LogP contribution in [0.2, 0.25) is 0 Å². The van der Waals surface area contributed by atoms with Gasteiger partial charge in [-0.05, 0) is 52.0 Å². The maximum Gasteiger partial charge on any atom is 0.270 e. The van der Waals surface area contributed by atoms with Crippen molar-refractivity contribution in [2.45, 2.75) is 31.7 Å². The van der Waals surface area contributed by atoms with Crippen LogP contribution < -0.4 is 11.1 Å². The summed E-state index contributed by atoms with van der Waals surface area (Å²) in [6.45, 7) is 2.08. The van der Waals surface area contributed by atoms with Gasteiger partial charge in [0.25, 0.3) is 11.8 Å². The van der Waals surface area contributed by atoms with Crippen LogP contribution in [-0.4, -0.2) is 72.3 Å². The van der Waals surface area contributed by atoms with Gasteiger partial charge in [0.1, 0.15) is 11.4 Å². The van der Waals surface area contributed by atoms with Crippen LogP contribution >= 0.6 is 0 Å². The molecule has 4 N–H and O–H groups in total. The lowest BCUT2D eigenvalue weighted by Crippen LogP contribution is -2.56. The Hall–Kier alpha value is -2.35. The molecular weight excluding hydrogens is 322 g/mol. The second-order valence-electron chi connectivity index (χ2n) is 6.66. The Kier molecular flexibility index (Phi) is 6.58. The standard InChI is InChI=1S/C17H27N5O3/c1-21(2)9-4-3-5-15(23)19-11-12-8-10-22(12)17(25)14-7-6-13(20-14)16(18)24/h6-7,12,20H,3-5,8-11H2,1-2H3,(H2,18,24)(H,19,23). The predicted molar refractivity (Wildman–Crippen MR) is 94.2 cm³/mol. The van der Waals surface area contributed by atoms with Gasteiger partial charge >= 0.3 is 0 Å². The average molecular weight is 349 g/mol. The summed E-state index contributed by atoms with van der Waals surface area (Å²) in [5, 5.41) is 2.90.